The van der Waals surface area contributed by atoms with Crippen molar-refractivity contribution >= 4 is 23.5 Å². The van der Waals surface area contributed by atoms with E-state index in [0.717, 1.165) is 30.2 Å². The number of carbonyl (C=O) groups is 1. The van der Waals surface area contributed by atoms with Crippen molar-refractivity contribution in [1.29, 1.82) is 0 Å². The molecule has 0 spiro atoms. The highest BCUT2D eigenvalue weighted by molar-refractivity contribution is 7.98. The number of ether oxygens (including phenoxy) is 1. The second-order valence-electron chi connectivity index (χ2n) is 4.02. The van der Waals surface area contributed by atoms with Gasteiger partial charge in [0.1, 0.15) is 23.2 Å². The average Bonchev–Trinajstić information content (AvgIpc) is 2.88. The summed E-state index contributed by atoms with van der Waals surface area (Å²) in [6, 6.07) is 1.72. The van der Waals surface area contributed by atoms with Gasteiger partial charge in [-0.3, -0.25) is 0 Å². The van der Waals surface area contributed by atoms with E-state index in [-0.39, 0.29) is 12.0 Å². The Labute approximate surface area is 111 Å². The van der Waals surface area contributed by atoms with Crippen molar-refractivity contribution in [2.75, 3.05) is 24.3 Å². The fourth-order valence-corrected chi connectivity index (χ4v) is 2.50. The Morgan fingerprint density at radius 1 is 1.61 bits per heavy atom. The summed E-state index contributed by atoms with van der Waals surface area (Å²) in [5, 5.41) is 0.912. The van der Waals surface area contributed by atoms with Gasteiger partial charge < -0.3 is 9.64 Å². The monoisotopic (exact) mass is 267 g/mol. The maximum Gasteiger partial charge on any atom is 0.328 e. The number of esters is 1. The van der Waals surface area contributed by atoms with Gasteiger partial charge >= 0.3 is 5.97 Å². The summed E-state index contributed by atoms with van der Waals surface area (Å²) in [5.41, 5.74) is 0. The second kappa shape index (κ2) is 6.04. The summed E-state index contributed by atoms with van der Waals surface area (Å²) in [5.74, 6) is 0.657. The van der Waals surface area contributed by atoms with Crippen molar-refractivity contribution in [2.24, 2.45) is 0 Å². The Morgan fingerprint density at radius 3 is 3.17 bits per heavy atom. The van der Waals surface area contributed by atoms with Gasteiger partial charge in [-0.25, -0.2) is 14.8 Å². The molecule has 18 heavy (non-hydrogen) atoms. The third kappa shape index (κ3) is 2.75. The molecular formula is C12H17N3O2S. The zero-order valence-corrected chi connectivity index (χ0v) is 11.4. The van der Waals surface area contributed by atoms with E-state index in [9.17, 15) is 4.79 Å². The number of carbonyl (C=O) groups excluding carboxylic acids is 1. The quantitative estimate of drug-likeness (QED) is 0.470. The van der Waals surface area contributed by atoms with E-state index in [4.69, 9.17) is 4.74 Å². The van der Waals surface area contributed by atoms with E-state index in [0.29, 0.717) is 6.61 Å². The molecule has 2 heterocycles. The molecule has 1 aliphatic rings. The highest BCUT2D eigenvalue weighted by Gasteiger charge is 2.32. The lowest BCUT2D eigenvalue weighted by atomic mass is 10.2. The van der Waals surface area contributed by atoms with Gasteiger partial charge in [-0.05, 0) is 26.0 Å². The van der Waals surface area contributed by atoms with E-state index in [1.807, 2.05) is 24.1 Å². The number of anilines is 1. The number of nitrogens with zero attached hydrogens (tertiary/aromatic N) is 3. The first-order valence-corrected chi connectivity index (χ1v) is 7.28. The van der Waals surface area contributed by atoms with Crippen molar-refractivity contribution in [3.8, 4) is 0 Å². The highest BCUT2D eigenvalue weighted by Crippen LogP contribution is 2.26. The highest BCUT2D eigenvalue weighted by atomic mass is 32.2. The average molecular weight is 267 g/mol. The van der Waals surface area contributed by atoms with E-state index in [2.05, 4.69) is 9.97 Å². The number of rotatable bonds is 4. The van der Waals surface area contributed by atoms with Gasteiger partial charge in [0, 0.05) is 12.6 Å². The minimum absolute atomic E-state index is 0.153. The van der Waals surface area contributed by atoms with Crippen molar-refractivity contribution < 1.29 is 9.53 Å². The van der Waals surface area contributed by atoms with Crippen LogP contribution in [0.3, 0.4) is 0 Å². The van der Waals surface area contributed by atoms with Gasteiger partial charge in [0.15, 0.2) is 0 Å². The minimum Gasteiger partial charge on any atom is -0.464 e. The molecule has 2 rings (SSSR count). The van der Waals surface area contributed by atoms with Gasteiger partial charge in [-0.1, -0.05) is 0 Å². The maximum absolute atomic E-state index is 11.9. The van der Waals surface area contributed by atoms with Gasteiger partial charge in [0.2, 0.25) is 0 Å². The SMILES string of the molecule is CCOC(=O)C1CCCN1c1cc(SC)ncn1. The third-order valence-corrected chi connectivity index (χ3v) is 3.58. The zero-order valence-electron chi connectivity index (χ0n) is 10.6. The van der Waals surface area contributed by atoms with E-state index in [1.54, 1.807) is 18.1 Å². The lowest BCUT2D eigenvalue weighted by molar-refractivity contribution is -0.144. The third-order valence-electron chi connectivity index (χ3n) is 2.94. The van der Waals surface area contributed by atoms with Gasteiger partial charge in [0.25, 0.3) is 0 Å². The molecule has 0 aliphatic carbocycles. The lowest BCUT2D eigenvalue weighted by Gasteiger charge is -2.24. The number of hydrogen-bond donors (Lipinski definition) is 0. The first-order valence-electron chi connectivity index (χ1n) is 6.05. The summed E-state index contributed by atoms with van der Waals surface area (Å²) in [4.78, 5) is 22.3. The van der Waals surface area contributed by atoms with Crippen molar-refractivity contribution in [3.63, 3.8) is 0 Å². The summed E-state index contributed by atoms with van der Waals surface area (Å²) in [7, 11) is 0. The van der Waals surface area contributed by atoms with Crippen molar-refractivity contribution in [1.82, 2.24) is 9.97 Å². The molecule has 0 aromatic carbocycles. The molecule has 6 heteroatoms. The molecule has 0 bridgehead atoms. The molecule has 1 aromatic heterocycles. The Morgan fingerprint density at radius 2 is 2.44 bits per heavy atom. The van der Waals surface area contributed by atoms with E-state index in [1.165, 1.54) is 0 Å². The zero-order chi connectivity index (χ0) is 13.0. The van der Waals surface area contributed by atoms with Crippen molar-refractivity contribution in [3.05, 3.63) is 12.4 Å². The molecule has 5 nitrogen and oxygen atoms in total. The van der Waals surface area contributed by atoms with Crippen molar-refractivity contribution in [2.45, 2.75) is 30.8 Å². The topological polar surface area (TPSA) is 55.3 Å². The van der Waals surface area contributed by atoms with Crippen LogP contribution in [-0.4, -0.2) is 41.4 Å². The van der Waals surface area contributed by atoms with Crippen LogP contribution in [0.15, 0.2) is 17.4 Å². The number of aromatic nitrogens is 2. The standard InChI is InChI=1S/C12H17N3O2S/c1-3-17-12(16)9-5-4-6-15(9)10-7-11(18-2)14-8-13-10/h7-9H,3-6H2,1-2H3. The molecule has 0 N–H and O–H groups in total. The molecule has 0 saturated carbocycles. The first-order chi connectivity index (χ1) is 8.76. The normalized spacial score (nSPS) is 19.0. The minimum atomic E-state index is -0.199. The predicted molar refractivity (Wildman–Crippen MR) is 70.8 cm³/mol. The van der Waals surface area contributed by atoms with Crippen LogP contribution in [0.2, 0.25) is 0 Å². The largest absolute Gasteiger partial charge is 0.464 e. The molecule has 1 unspecified atom stereocenters. The maximum atomic E-state index is 11.9. The van der Waals surface area contributed by atoms with Crippen LogP contribution in [0.4, 0.5) is 5.82 Å². The predicted octanol–water partition coefficient (Wildman–Crippen LogP) is 1.73. The second-order valence-corrected chi connectivity index (χ2v) is 4.85. The fourth-order valence-electron chi connectivity index (χ4n) is 2.12. The van der Waals surface area contributed by atoms with Gasteiger partial charge in [-0.2, -0.15) is 0 Å². The fraction of sp³-hybridized carbons (Fsp3) is 0.583. The molecular weight excluding hydrogens is 250 g/mol. The number of hydrogen-bond acceptors (Lipinski definition) is 6. The molecule has 1 aromatic rings. The molecule has 0 radical (unpaired) electrons. The van der Waals surface area contributed by atoms with Gasteiger partial charge in [0.05, 0.1) is 6.61 Å². The number of thioether (sulfide) groups is 1. The lowest BCUT2D eigenvalue weighted by Crippen LogP contribution is -2.37. The Bertz CT molecular complexity index is 428. The summed E-state index contributed by atoms with van der Waals surface area (Å²) >= 11 is 1.57. The van der Waals surface area contributed by atoms with Crippen LogP contribution in [0.25, 0.3) is 0 Å². The Balaban J connectivity index is 2.17. The summed E-state index contributed by atoms with van der Waals surface area (Å²) in [6.45, 7) is 3.09. The molecule has 1 saturated heterocycles. The van der Waals surface area contributed by atoms with E-state index >= 15 is 0 Å². The van der Waals surface area contributed by atoms with Crippen LogP contribution in [-0.2, 0) is 9.53 Å². The Hall–Kier alpha value is -1.30. The smallest absolute Gasteiger partial charge is 0.328 e. The molecule has 1 atom stereocenters. The molecule has 1 fully saturated rings. The molecule has 0 amide bonds. The molecule has 98 valence electrons. The van der Waals surface area contributed by atoms with Crippen LogP contribution in [0.5, 0.6) is 0 Å². The summed E-state index contributed by atoms with van der Waals surface area (Å²) < 4.78 is 5.10. The first kappa shape index (κ1) is 13.1. The van der Waals surface area contributed by atoms with Crippen LogP contribution < -0.4 is 4.90 Å². The Kier molecular flexibility index (Phi) is 4.41. The van der Waals surface area contributed by atoms with Crippen LogP contribution in [0, 0.1) is 0 Å². The van der Waals surface area contributed by atoms with Gasteiger partial charge in [-0.15, -0.1) is 11.8 Å². The van der Waals surface area contributed by atoms with Crippen LogP contribution in [0.1, 0.15) is 19.8 Å². The van der Waals surface area contributed by atoms with E-state index < -0.39 is 0 Å². The van der Waals surface area contributed by atoms with Crippen LogP contribution >= 0.6 is 11.8 Å². The summed E-state index contributed by atoms with van der Waals surface area (Å²) in [6.07, 6.45) is 5.33. The molecule has 1 aliphatic heterocycles.